The first-order chi connectivity index (χ1) is 14.9. The number of halogens is 1. The average Bonchev–Trinajstić information content (AvgIpc) is 3.32. The second kappa shape index (κ2) is 10.5. The largest absolute Gasteiger partial charge is 0.495 e. The van der Waals surface area contributed by atoms with Crippen LogP contribution in [-0.4, -0.2) is 56.6 Å². The van der Waals surface area contributed by atoms with Crippen LogP contribution in [0.1, 0.15) is 22.5 Å². The van der Waals surface area contributed by atoms with E-state index in [1.165, 1.54) is 31.6 Å². The molecule has 1 aliphatic rings. The molecule has 2 heterocycles. The summed E-state index contributed by atoms with van der Waals surface area (Å²) in [5.74, 6) is -0.551. The van der Waals surface area contributed by atoms with Gasteiger partial charge < -0.3 is 24.4 Å². The normalized spacial score (nSPS) is 14.1. The number of amides is 2. The van der Waals surface area contributed by atoms with E-state index in [0.717, 1.165) is 0 Å². The third kappa shape index (κ3) is 5.68. The van der Waals surface area contributed by atoms with Gasteiger partial charge in [-0.05, 0) is 30.4 Å². The van der Waals surface area contributed by atoms with Gasteiger partial charge in [0.05, 0.1) is 35.7 Å². The first kappa shape index (κ1) is 22.9. The lowest BCUT2D eigenvalue weighted by Gasteiger charge is -2.30. The summed E-state index contributed by atoms with van der Waals surface area (Å²) in [5, 5.41) is 4.78. The molecule has 2 aromatic rings. The van der Waals surface area contributed by atoms with E-state index in [4.69, 9.17) is 25.8 Å². The second-order valence-electron chi connectivity index (χ2n) is 6.89. The van der Waals surface area contributed by atoms with E-state index in [1.54, 1.807) is 17.0 Å². The SMILES string of the molecule is COc1cc(OC)c(NC(=O)COC(=O)C2CCN(C(=O)c3cccs3)CC2)cc1Cl. The Morgan fingerprint density at radius 2 is 1.87 bits per heavy atom. The van der Waals surface area contributed by atoms with Crippen molar-refractivity contribution in [2.24, 2.45) is 5.92 Å². The lowest BCUT2D eigenvalue weighted by Crippen LogP contribution is -2.40. The summed E-state index contributed by atoms with van der Waals surface area (Å²) in [6.07, 6.45) is 0.999. The molecule has 1 N–H and O–H groups in total. The number of rotatable bonds is 7. The van der Waals surface area contributed by atoms with Crippen LogP contribution in [-0.2, 0) is 14.3 Å². The minimum atomic E-state index is -0.516. The van der Waals surface area contributed by atoms with E-state index in [-0.39, 0.29) is 11.8 Å². The molecule has 1 aromatic carbocycles. The van der Waals surface area contributed by atoms with Crippen LogP contribution in [0.15, 0.2) is 29.6 Å². The van der Waals surface area contributed by atoms with E-state index < -0.39 is 18.5 Å². The predicted molar refractivity (Wildman–Crippen MR) is 117 cm³/mol. The quantitative estimate of drug-likeness (QED) is 0.628. The highest BCUT2D eigenvalue weighted by Gasteiger charge is 2.29. The summed E-state index contributed by atoms with van der Waals surface area (Å²) in [6.45, 7) is 0.522. The third-order valence-electron chi connectivity index (χ3n) is 4.94. The van der Waals surface area contributed by atoms with Crippen molar-refractivity contribution in [1.29, 1.82) is 0 Å². The Kier molecular flexibility index (Phi) is 7.75. The van der Waals surface area contributed by atoms with Crippen LogP contribution in [0.5, 0.6) is 11.5 Å². The number of thiophene rings is 1. The van der Waals surface area contributed by atoms with Crippen molar-refractivity contribution in [3.05, 3.63) is 39.5 Å². The Morgan fingerprint density at radius 3 is 2.48 bits per heavy atom. The van der Waals surface area contributed by atoms with Crippen molar-refractivity contribution in [3.8, 4) is 11.5 Å². The fourth-order valence-corrected chi connectivity index (χ4v) is 4.20. The highest BCUT2D eigenvalue weighted by molar-refractivity contribution is 7.12. The van der Waals surface area contributed by atoms with Crippen LogP contribution >= 0.6 is 22.9 Å². The molecule has 0 atom stereocenters. The van der Waals surface area contributed by atoms with E-state index in [9.17, 15) is 14.4 Å². The van der Waals surface area contributed by atoms with Gasteiger partial charge in [0.2, 0.25) is 0 Å². The molecular weight excluding hydrogens is 444 g/mol. The van der Waals surface area contributed by atoms with E-state index in [2.05, 4.69) is 5.32 Å². The average molecular weight is 467 g/mol. The number of hydrogen-bond acceptors (Lipinski definition) is 7. The van der Waals surface area contributed by atoms with Crippen molar-refractivity contribution in [2.75, 3.05) is 39.2 Å². The topological polar surface area (TPSA) is 94.2 Å². The van der Waals surface area contributed by atoms with Gasteiger partial charge in [0.25, 0.3) is 11.8 Å². The molecule has 0 unspecified atom stereocenters. The smallest absolute Gasteiger partial charge is 0.309 e. The van der Waals surface area contributed by atoms with Gasteiger partial charge in [-0.2, -0.15) is 0 Å². The van der Waals surface area contributed by atoms with Gasteiger partial charge in [0, 0.05) is 19.2 Å². The van der Waals surface area contributed by atoms with Crippen molar-refractivity contribution >= 4 is 46.4 Å². The van der Waals surface area contributed by atoms with E-state index in [1.807, 2.05) is 11.4 Å². The zero-order valence-electron chi connectivity index (χ0n) is 17.2. The minimum absolute atomic E-state index is 0.0201. The monoisotopic (exact) mass is 466 g/mol. The molecule has 0 spiro atoms. The lowest BCUT2D eigenvalue weighted by molar-refractivity contribution is -0.152. The molecule has 31 heavy (non-hydrogen) atoms. The number of methoxy groups -OCH3 is 2. The van der Waals surface area contributed by atoms with Crippen LogP contribution in [0.2, 0.25) is 5.02 Å². The van der Waals surface area contributed by atoms with Crippen LogP contribution in [0.4, 0.5) is 5.69 Å². The number of benzene rings is 1. The van der Waals surface area contributed by atoms with Crippen molar-refractivity contribution in [1.82, 2.24) is 4.90 Å². The number of likely N-dealkylation sites (tertiary alicyclic amines) is 1. The Hall–Kier alpha value is -2.78. The maximum absolute atomic E-state index is 12.4. The standard InChI is InChI=1S/C21H23ClN2O6S/c1-28-16-11-17(29-2)15(10-14(16)22)23-19(25)12-30-21(27)13-5-7-24(8-6-13)20(26)18-4-3-9-31-18/h3-4,9-11,13H,5-8,12H2,1-2H3,(H,23,25). The number of hydrogen-bond donors (Lipinski definition) is 1. The molecule has 0 radical (unpaired) electrons. The summed E-state index contributed by atoms with van der Waals surface area (Å²) in [5.41, 5.74) is 0.342. The van der Waals surface area contributed by atoms with E-state index in [0.29, 0.717) is 53.0 Å². The van der Waals surface area contributed by atoms with Crippen LogP contribution in [0.25, 0.3) is 0 Å². The Balaban J connectivity index is 1.47. The number of piperidine rings is 1. The van der Waals surface area contributed by atoms with Crippen molar-refractivity contribution in [3.63, 3.8) is 0 Å². The maximum atomic E-state index is 12.4. The molecule has 1 fully saturated rings. The Labute approximate surface area is 189 Å². The van der Waals surface area contributed by atoms with Crippen LogP contribution in [0.3, 0.4) is 0 Å². The zero-order chi connectivity index (χ0) is 22.4. The molecular formula is C21H23ClN2O6S. The summed E-state index contributed by atoms with van der Waals surface area (Å²) in [7, 11) is 2.93. The lowest BCUT2D eigenvalue weighted by atomic mass is 9.97. The van der Waals surface area contributed by atoms with Gasteiger partial charge in [-0.1, -0.05) is 17.7 Å². The highest BCUT2D eigenvalue weighted by Crippen LogP contribution is 2.35. The summed E-state index contributed by atoms with van der Waals surface area (Å²) in [6, 6.07) is 6.67. The van der Waals surface area contributed by atoms with Crippen LogP contribution in [0, 0.1) is 5.92 Å². The van der Waals surface area contributed by atoms with Gasteiger partial charge in [-0.15, -0.1) is 11.3 Å². The summed E-state index contributed by atoms with van der Waals surface area (Å²) in [4.78, 5) is 39.4. The molecule has 2 amide bonds. The van der Waals surface area contributed by atoms with Crippen molar-refractivity contribution < 1.29 is 28.6 Å². The number of ether oxygens (including phenoxy) is 3. The molecule has 0 saturated carbocycles. The molecule has 1 aromatic heterocycles. The summed E-state index contributed by atoms with van der Waals surface area (Å²) < 4.78 is 15.5. The number of carbonyl (C=O) groups is 3. The minimum Gasteiger partial charge on any atom is -0.495 e. The van der Waals surface area contributed by atoms with E-state index >= 15 is 0 Å². The second-order valence-corrected chi connectivity index (χ2v) is 8.24. The molecule has 10 heteroatoms. The van der Waals surface area contributed by atoms with Crippen molar-refractivity contribution in [2.45, 2.75) is 12.8 Å². The number of esters is 1. The first-order valence-electron chi connectivity index (χ1n) is 9.63. The molecule has 0 bridgehead atoms. The van der Waals surface area contributed by atoms with Gasteiger partial charge in [0.15, 0.2) is 6.61 Å². The number of nitrogens with one attached hydrogen (secondary N) is 1. The molecule has 0 aliphatic carbocycles. The fraction of sp³-hybridized carbons (Fsp3) is 0.381. The third-order valence-corrected chi connectivity index (χ3v) is 6.09. The van der Waals surface area contributed by atoms with Crippen LogP contribution < -0.4 is 14.8 Å². The predicted octanol–water partition coefficient (Wildman–Crippen LogP) is 3.45. The maximum Gasteiger partial charge on any atom is 0.309 e. The van der Waals surface area contributed by atoms with Gasteiger partial charge in [-0.3, -0.25) is 14.4 Å². The molecule has 166 valence electrons. The Morgan fingerprint density at radius 1 is 1.16 bits per heavy atom. The first-order valence-corrected chi connectivity index (χ1v) is 10.9. The van der Waals surface area contributed by atoms with Gasteiger partial charge >= 0.3 is 5.97 Å². The molecule has 1 saturated heterocycles. The molecule has 1 aliphatic heterocycles. The summed E-state index contributed by atoms with van der Waals surface area (Å²) >= 11 is 7.49. The Bertz CT molecular complexity index is 942. The number of carbonyl (C=O) groups excluding carboxylic acids is 3. The fourth-order valence-electron chi connectivity index (χ4n) is 3.27. The van der Waals surface area contributed by atoms with Gasteiger partial charge in [-0.25, -0.2) is 0 Å². The number of anilines is 1. The number of nitrogens with zero attached hydrogens (tertiary/aromatic N) is 1. The highest BCUT2D eigenvalue weighted by atomic mass is 35.5. The zero-order valence-corrected chi connectivity index (χ0v) is 18.8. The molecule has 3 rings (SSSR count). The van der Waals surface area contributed by atoms with Gasteiger partial charge in [0.1, 0.15) is 11.5 Å². The molecule has 8 nitrogen and oxygen atoms in total.